The molecule has 0 radical (unpaired) electrons. The van der Waals surface area contributed by atoms with Gasteiger partial charge in [0.2, 0.25) is 0 Å². The van der Waals surface area contributed by atoms with Crippen LogP contribution < -0.4 is 10.6 Å². The molecule has 3 rings (SSSR count). The number of para-hydroxylation sites is 1. The van der Waals surface area contributed by atoms with Gasteiger partial charge in [0, 0.05) is 12.1 Å². The molecule has 3 aromatic rings. The van der Waals surface area contributed by atoms with Crippen LogP contribution in [-0.4, -0.2) is 23.5 Å². The van der Waals surface area contributed by atoms with Crippen molar-refractivity contribution in [2.24, 2.45) is 0 Å². The van der Waals surface area contributed by atoms with Crippen molar-refractivity contribution < 1.29 is 19.1 Å². The van der Waals surface area contributed by atoms with Crippen molar-refractivity contribution in [3.05, 3.63) is 78.1 Å². The van der Waals surface area contributed by atoms with Gasteiger partial charge < -0.3 is 20.2 Å². The minimum atomic E-state index is -0.978. The van der Waals surface area contributed by atoms with Crippen molar-refractivity contribution in [2.75, 3.05) is 11.9 Å². The van der Waals surface area contributed by atoms with Crippen molar-refractivity contribution >= 4 is 17.5 Å². The summed E-state index contributed by atoms with van der Waals surface area (Å²) in [5.41, 5.74) is 1.95. The minimum Gasteiger partial charge on any atom is -0.464 e. The zero-order chi connectivity index (χ0) is 19.9. The van der Waals surface area contributed by atoms with Crippen molar-refractivity contribution in [1.82, 2.24) is 5.32 Å². The molecule has 3 N–H and O–H groups in total. The first-order valence-electron chi connectivity index (χ1n) is 8.48. The van der Waals surface area contributed by atoms with E-state index in [-0.39, 0.29) is 17.8 Å². The molecule has 0 saturated heterocycles. The van der Waals surface area contributed by atoms with Gasteiger partial charge in [-0.25, -0.2) is 0 Å². The Morgan fingerprint density at radius 2 is 1.79 bits per heavy atom. The van der Waals surface area contributed by atoms with Crippen molar-refractivity contribution in [1.29, 1.82) is 5.26 Å². The molecule has 0 unspecified atom stereocenters. The van der Waals surface area contributed by atoms with Gasteiger partial charge in [-0.3, -0.25) is 9.59 Å². The zero-order valence-corrected chi connectivity index (χ0v) is 14.8. The largest absolute Gasteiger partial charge is 0.464 e. The Bertz CT molecular complexity index is 1000. The van der Waals surface area contributed by atoms with Gasteiger partial charge in [-0.15, -0.1) is 0 Å². The van der Waals surface area contributed by atoms with Gasteiger partial charge in [-0.05, 0) is 29.8 Å². The predicted octanol–water partition coefficient (Wildman–Crippen LogP) is 2.61. The highest BCUT2D eigenvalue weighted by molar-refractivity contribution is 6.39. The van der Waals surface area contributed by atoms with Gasteiger partial charge in [-0.1, -0.05) is 36.4 Å². The third-order valence-corrected chi connectivity index (χ3v) is 4.06. The predicted molar refractivity (Wildman–Crippen MR) is 102 cm³/mol. The number of carbonyl (C=O) groups is 2. The van der Waals surface area contributed by atoms with Crippen LogP contribution >= 0.6 is 0 Å². The van der Waals surface area contributed by atoms with Crippen molar-refractivity contribution in [3.63, 3.8) is 0 Å². The van der Waals surface area contributed by atoms with Crippen LogP contribution in [0.15, 0.2) is 71.3 Å². The second kappa shape index (κ2) is 8.66. The second-order valence-electron chi connectivity index (χ2n) is 5.94. The molecule has 7 nitrogen and oxygen atoms in total. The molecule has 1 atom stereocenters. The fourth-order valence-electron chi connectivity index (χ4n) is 2.57. The van der Waals surface area contributed by atoms with Gasteiger partial charge in [0.25, 0.3) is 0 Å². The lowest BCUT2D eigenvalue weighted by atomic mass is 10.1. The van der Waals surface area contributed by atoms with Crippen LogP contribution in [0, 0.1) is 11.3 Å². The first-order chi connectivity index (χ1) is 13.6. The van der Waals surface area contributed by atoms with Crippen LogP contribution in [0.3, 0.4) is 0 Å². The quantitative estimate of drug-likeness (QED) is 0.593. The number of carbonyl (C=O) groups excluding carboxylic acids is 2. The van der Waals surface area contributed by atoms with Crippen LogP contribution in [0.4, 0.5) is 5.69 Å². The first kappa shape index (κ1) is 18.9. The fraction of sp³-hybridized carbons (Fsp3) is 0.0952. The second-order valence-corrected chi connectivity index (χ2v) is 5.94. The number of amides is 2. The molecule has 0 bridgehead atoms. The van der Waals surface area contributed by atoms with Crippen LogP contribution in [0.5, 0.6) is 0 Å². The highest BCUT2D eigenvalue weighted by atomic mass is 16.3. The average Bonchev–Trinajstić information content (AvgIpc) is 3.27. The summed E-state index contributed by atoms with van der Waals surface area (Å²) in [4.78, 5) is 23.9. The van der Waals surface area contributed by atoms with Gasteiger partial charge in [0.05, 0.1) is 23.6 Å². The summed E-state index contributed by atoms with van der Waals surface area (Å²) < 4.78 is 5.31. The van der Waals surface area contributed by atoms with E-state index in [2.05, 4.69) is 10.6 Å². The number of benzene rings is 2. The van der Waals surface area contributed by atoms with Crippen molar-refractivity contribution in [3.8, 4) is 17.4 Å². The first-order valence-corrected chi connectivity index (χ1v) is 8.48. The van der Waals surface area contributed by atoms with Gasteiger partial charge in [0.15, 0.2) is 0 Å². The Labute approximate surface area is 161 Å². The van der Waals surface area contributed by atoms with E-state index in [0.29, 0.717) is 11.3 Å². The molecule has 0 aliphatic rings. The van der Waals surface area contributed by atoms with Crippen LogP contribution in [0.1, 0.15) is 17.2 Å². The van der Waals surface area contributed by atoms with Crippen LogP contribution in [0.25, 0.3) is 11.3 Å². The smallest absolute Gasteiger partial charge is 0.313 e. The molecule has 0 saturated carbocycles. The van der Waals surface area contributed by atoms with E-state index in [1.165, 1.54) is 12.1 Å². The number of hydrogen-bond donors (Lipinski definition) is 3. The standard InChI is InChI=1S/C21H17N3O4/c22-12-16-4-1-2-5-17(16)24-21(27)20(26)23-13-18(25)14-7-9-15(10-8-14)19-6-3-11-28-19/h1-11,18,25H,13H2,(H,23,26)(H,24,27)/t18-/m1/s1. The molecule has 1 aromatic heterocycles. The summed E-state index contributed by atoms with van der Waals surface area (Å²) in [6.45, 7) is -0.133. The highest BCUT2D eigenvalue weighted by Gasteiger charge is 2.17. The van der Waals surface area contributed by atoms with Gasteiger partial charge in [-0.2, -0.15) is 5.26 Å². The number of nitrogens with zero attached hydrogens (tertiary/aromatic N) is 1. The Morgan fingerprint density at radius 1 is 1.04 bits per heavy atom. The summed E-state index contributed by atoms with van der Waals surface area (Å²) in [5.74, 6) is -1.11. The third kappa shape index (κ3) is 4.44. The van der Waals surface area contributed by atoms with Gasteiger partial charge >= 0.3 is 11.8 Å². The number of aliphatic hydroxyl groups is 1. The van der Waals surface area contributed by atoms with E-state index in [0.717, 1.165) is 5.56 Å². The van der Waals surface area contributed by atoms with E-state index in [9.17, 15) is 14.7 Å². The number of hydrogen-bond acceptors (Lipinski definition) is 5. The topological polar surface area (TPSA) is 115 Å². The fourth-order valence-corrected chi connectivity index (χ4v) is 2.57. The molecule has 2 aromatic carbocycles. The third-order valence-electron chi connectivity index (χ3n) is 4.06. The van der Waals surface area contributed by atoms with Crippen LogP contribution in [0.2, 0.25) is 0 Å². The molecule has 7 heteroatoms. The monoisotopic (exact) mass is 375 g/mol. The maximum atomic E-state index is 12.0. The molecule has 0 spiro atoms. The average molecular weight is 375 g/mol. The number of rotatable bonds is 5. The molecule has 0 aliphatic heterocycles. The lowest BCUT2D eigenvalue weighted by molar-refractivity contribution is -0.136. The number of aliphatic hydroxyl groups excluding tert-OH is 1. The Kier molecular flexibility index (Phi) is 5.84. The van der Waals surface area contributed by atoms with E-state index in [1.54, 1.807) is 48.7 Å². The lowest BCUT2D eigenvalue weighted by Crippen LogP contribution is -2.37. The van der Waals surface area contributed by atoms with E-state index >= 15 is 0 Å². The SMILES string of the molecule is N#Cc1ccccc1NC(=O)C(=O)NC[C@@H](O)c1ccc(-c2ccco2)cc1. The zero-order valence-electron chi connectivity index (χ0n) is 14.8. The summed E-state index contributed by atoms with van der Waals surface area (Å²) in [5, 5.41) is 24.0. The maximum absolute atomic E-state index is 12.0. The minimum absolute atomic E-state index is 0.133. The Balaban J connectivity index is 1.55. The molecule has 2 amide bonds. The molecular formula is C21H17N3O4. The number of nitriles is 1. The molecular weight excluding hydrogens is 358 g/mol. The molecule has 0 fully saturated rings. The van der Waals surface area contributed by atoms with Crippen molar-refractivity contribution in [2.45, 2.75) is 6.10 Å². The molecule has 1 heterocycles. The van der Waals surface area contributed by atoms with E-state index < -0.39 is 17.9 Å². The Hall–Kier alpha value is -3.89. The highest BCUT2D eigenvalue weighted by Crippen LogP contribution is 2.22. The number of anilines is 1. The number of nitrogens with one attached hydrogen (secondary N) is 2. The molecule has 140 valence electrons. The van der Waals surface area contributed by atoms with E-state index in [4.69, 9.17) is 9.68 Å². The van der Waals surface area contributed by atoms with E-state index in [1.807, 2.05) is 12.1 Å². The number of furan rings is 1. The molecule has 0 aliphatic carbocycles. The van der Waals surface area contributed by atoms with Gasteiger partial charge in [0.1, 0.15) is 11.8 Å². The lowest BCUT2D eigenvalue weighted by Gasteiger charge is -2.13. The summed E-state index contributed by atoms with van der Waals surface area (Å²) in [6, 6.07) is 18.9. The summed E-state index contributed by atoms with van der Waals surface area (Å²) in [6.07, 6.45) is 0.599. The molecule has 28 heavy (non-hydrogen) atoms. The Morgan fingerprint density at radius 3 is 2.46 bits per heavy atom. The summed E-state index contributed by atoms with van der Waals surface area (Å²) in [7, 11) is 0. The normalized spacial score (nSPS) is 11.3. The van der Waals surface area contributed by atoms with Crippen LogP contribution in [-0.2, 0) is 9.59 Å². The maximum Gasteiger partial charge on any atom is 0.313 e. The summed E-state index contributed by atoms with van der Waals surface area (Å²) >= 11 is 0.